The Balaban J connectivity index is 2.55. The number of rotatable bonds is 9. The normalized spacial score (nSPS) is 10.8. The number of aromatic nitrogens is 1. The van der Waals surface area contributed by atoms with Gasteiger partial charge in [0.25, 0.3) is 0 Å². The van der Waals surface area contributed by atoms with E-state index in [0.717, 1.165) is 44.7 Å². The lowest BCUT2D eigenvalue weighted by molar-refractivity contribution is 0.0696. The number of aryl methyl sites for hydroxylation is 1. The van der Waals surface area contributed by atoms with Crippen LogP contribution in [0.1, 0.15) is 43.2 Å². The van der Waals surface area contributed by atoms with Gasteiger partial charge in [0.05, 0.1) is 5.56 Å². The van der Waals surface area contributed by atoms with Crippen LogP contribution >= 0.6 is 0 Å². The number of nitrogens with one attached hydrogen (secondary N) is 1. The number of carboxylic acid groups (broad SMARTS) is 1. The van der Waals surface area contributed by atoms with Gasteiger partial charge in [-0.15, -0.1) is 0 Å². The first-order valence-corrected chi connectivity index (χ1v) is 7.31. The largest absolute Gasteiger partial charge is 0.478 e. The van der Waals surface area contributed by atoms with Crippen molar-refractivity contribution >= 4 is 11.8 Å². The molecule has 20 heavy (non-hydrogen) atoms. The van der Waals surface area contributed by atoms with Gasteiger partial charge < -0.3 is 15.3 Å². The van der Waals surface area contributed by atoms with Gasteiger partial charge in [0.15, 0.2) is 0 Å². The summed E-state index contributed by atoms with van der Waals surface area (Å²) in [5.74, 6) is -0.255. The van der Waals surface area contributed by atoms with Gasteiger partial charge in [-0.1, -0.05) is 20.8 Å². The molecule has 0 saturated heterocycles. The number of carboxylic acids is 1. The third-order valence-corrected chi connectivity index (χ3v) is 3.34. The fourth-order valence-electron chi connectivity index (χ4n) is 2.04. The molecule has 0 spiro atoms. The van der Waals surface area contributed by atoms with Gasteiger partial charge in [0, 0.05) is 12.2 Å². The number of hydrogen-bond donors (Lipinski definition) is 2. The predicted octanol–water partition coefficient (Wildman–Crippen LogP) is 2.49. The van der Waals surface area contributed by atoms with E-state index in [-0.39, 0.29) is 0 Å². The third kappa shape index (κ3) is 5.17. The molecule has 112 valence electrons. The lowest BCUT2D eigenvalue weighted by Crippen LogP contribution is -2.25. The maximum Gasteiger partial charge on any atom is 0.335 e. The highest BCUT2D eigenvalue weighted by molar-refractivity contribution is 5.88. The average Bonchev–Trinajstić information content (AvgIpc) is 2.47. The lowest BCUT2D eigenvalue weighted by Gasteiger charge is -2.17. The van der Waals surface area contributed by atoms with Gasteiger partial charge in [-0.3, -0.25) is 0 Å². The number of nitrogens with zero attached hydrogens (tertiary/aromatic N) is 2. The van der Waals surface area contributed by atoms with Crippen LogP contribution in [0.15, 0.2) is 12.1 Å². The highest BCUT2D eigenvalue weighted by atomic mass is 16.4. The maximum atomic E-state index is 11.1. The Bertz CT molecular complexity index is 431. The molecule has 0 atom stereocenters. The van der Waals surface area contributed by atoms with E-state index in [4.69, 9.17) is 5.11 Å². The quantitative estimate of drug-likeness (QED) is 0.680. The van der Waals surface area contributed by atoms with Gasteiger partial charge in [-0.2, -0.15) is 0 Å². The summed E-state index contributed by atoms with van der Waals surface area (Å²) >= 11 is 0. The Morgan fingerprint density at radius 2 is 2.00 bits per heavy atom. The molecular formula is C15H25N3O2. The van der Waals surface area contributed by atoms with Crippen molar-refractivity contribution in [2.75, 3.05) is 31.5 Å². The minimum atomic E-state index is -0.909. The van der Waals surface area contributed by atoms with E-state index in [1.807, 2.05) is 6.92 Å². The molecule has 1 aromatic heterocycles. The summed E-state index contributed by atoms with van der Waals surface area (Å²) in [6.07, 6.45) is 1.75. The van der Waals surface area contributed by atoms with Crippen molar-refractivity contribution < 1.29 is 9.90 Å². The van der Waals surface area contributed by atoms with Crippen LogP contribution in [0.25, 0.3) is 0 Å². The zero-order valence-electron chi connectivity index (χ0n) is 12.6. The lowest BCUT2D eigenvalue weighted by atomic mass is 10.2. The van der Waals surface area contributed by atoms with Crippen molar-refractivity contribution in [2.24, 2.45) is 0 Å². The first-order chi connectivity index (χ1) is 9.60. The van der Waals surface area contributed by atoms with Crippen molar-refractivity contribution in [3.8, 4) is 0 Å². The summed E-state index contributed by atoms with van der Waals surface area (Å²) in [5.41, 5.74) is 1.10. The topological polar surface area (TPSA) is 65.5 Å². The van der Waals surface area contributed by atoms with Crippen LogP contribution in [0.3, 0.4) is 0 Å². The molecule has 1 aromatic rings. The second-order valence-corrected chi connectivity index (χ2v) is 4.70. The SMILES string of the molecule is CCc1cc(C(=O)O)cc(NCCCN(CC)CC)n1. The number of anilines is 1. The highest BCUT2D eigenvalue weighted by Gasteiger charge is 2.07. The Morgan fingerprint density at radius 3 is 2.55 bits per heavy atom. The van der Waals surface area contributed by atoms with Gasteiger partial charge >= 0.3 is 5.97 Å². The zero-order valence-corrected chi connectivity index (χ0v) is 12.6. The van der Waals surface area contributed by atoms with E-state index < -0.39 is 5.97 Å². The van der Waals surface area contributed by atoms with Crippen LogP contribution in [0.5, 0.6) is 0 Å². The van der Waals surface area contributed by atoms with Crippen LogP contribution in [-0.4, -0.2) is 47.1 Å². The summed E-state index contributed by atoms with van der Waals surface area (Å²) in [4.78, 5) is 17.8. The molecule has 0 aliphatic heterocycles. The summed E-state index contributed by atoms with van der Waals surface area (Å²) in [6.45, 7) is 10.2. The zero-order chi connectivity index (χ0) is 15.0. The Labute approximate surface area is 121 Å². The molecule has 0 aromatic carbocycles. The second kappa shape index (κ2) is 8.53. The smallest absolute Gasteiger partial charge is 0.335 e. The van der Waals surface area contributed by atoms with Crippen LogP contribution in [0, 0.1) is 0 Å². The van der Waals surface area contributed by atoms with Gasteiger partial charge in [0.1, 0.15) is 5.82 Å². The molecular weight excluding hydrogens is 254 g/mol. The summed E-state index contributed by atoms with van der Waals surface area (Å²) in [7, 11) is 0. The second-order valence-electron chi connectivity index (χ2n) is 4.70. The molecule has 0 aliphatic carbocycles. The summed E-state index contributed by atoms with van der Waals surface area (Å²) in [6, 6.07) is 3.22. The molecule has 0 aliphatic rings. The predicted molar refractivity (Wildman–Crippen MR) is 81.5 cm³/mol. The summed E-state index contributed by atoms with van der Waals surface area (Å²) < 4.78 is 0. The Hall–Kier alpha value is -1.62. The van der Waals surface area contributed by atoms with E-state index >= 15 is 0 Å². The standard InChI is InChI=1S/C15H25N3O2/c1-4-13-10-12(15(19)20)11-14(17-13)16-8-7-9-18(5-2)6-3/h10-11H,4-9H2,1-3H3,(H,16,17)(H,19,20). The molecule has 5 heteroatoms. The maximum absolute atomic E-state index is 11.1. The van der Waals surface area contributed by atoms with Crippen molar-refractivity contribution in [3.63, 3.8) is 0 Å². The number of aromatic carboxylic acids is 1. The van der Waals surface area contributed by atoms with Crippen molar-refractivity contribution in [1.29, 1.82) is 0 Å². The van der Waals surface area contributed by atoms with Crippen molar-refractivity contribution in [2.45, 2.75) is 33.6 Å². The molecule has 0 radical (unpaired) electrons. The molecule has 0 amide bonds. The number of carbonyl (C=O) groups is 1. The minimum absolute atomic E-state index is 0.295. The number of hydrogen-bond acceptors (Lipinski definition) is 4. The van der Waals surface area contributed by atoms with Crippen molar-refractivity contribution in [1.82, 2.24) is 9.88 Å². The monoisotopic (exact) mass is 279 g/mol. The molecule has 0 bridgehead atoms. The summed E-state index contributed by atoms with van der Waals surface area (Å²) in [5, 5.41) is 12.3. The van der Waals surface area contributed by atoms with E-state index in [1.165, 1.54) is 0 Å². The van der Waals surface area contributed by atoms with E-state index in [9.17, 15) is 4.79 Å². The fourth-order valence-corrected chi connectivity index (χ4v) is 2.04. The van der Waals surface area contributed by atoms with E-state index in [1.54, 1.807) is 12.1 Å². The molecule has 1 rings (SSSR count). The van der Waals surface area contributed by atoms with Crippen LogP contribution in [0.4, 0.5) is 5.82 Å². The Morgan fingerprint density at radius 1 is 1.30 bits per heavy atom. The third-order valence-electron chi connectivity index (χ3n) is 3.34. The molecule has 1 heterocycles. The first-order valence-electron chi connectivity index (χ1n) is 7.31. The van der Waals surface area contributed by atoms with Crippen LogP contribution in [-0.2, 0) is 6.42 Å². The fraction of sp³-hybridized carbons (Fsp3) is 0.600. The van der Waals surface area contributed by atoms with E-state index in [0.29, 0.717) is 11.4 Å². The first kappa shape index (κ1) is 16.4. The van der Waals surface area contributed by atoms with Gasteiger partial charge in [-0.25, -0.2) is 9.78 Å². The minimum Gasteiger partial charge on any atom is -0.478 e. The number of pyridine rings is 1. The molecule has 0 fully saturated rings. The van der Waals surface area contributed by atoms with Gasteiger partial charge in [-0.05, 0) is 44.6 Å². The molecule has 0 unspecified atom stereocenters. The molecule has 0 saturated carbocycles. The average molecular weight is 279 g/mol. The molecule has 5 nitrogen and oxygen atoms in total. The Kier molecular flexibility index (Phi) is 7.01. The van der Waals surface area contributed by atoms with Crippen LogP contribution < -0.4 is 5.32 Å². The van der Waals surface area contributed by atoms with Crippen molar-refractivity contribution in [3.05, 3.63) is 23.4 Å². The highest BCUT2D eigenvalue weighted by Crippen LogP contribution is 2.11. The van der Waals surface area contributed by atoms with Gasteiger partial charge in [0.2, 0.25) is 0 Å². The molecule has 2 N–H and O–H groups in total. The van der Waals surface area contributed by atoms with Crippen LogP contribution in [0.2, 0.25) is 0 Å². The van der Waals surface area contributed by atoms with E-state index in [2.05, 4.69) is 29.0 Å².